The van der Waals surface area contributed by atoms with Crippen LogP contribution in [0.1, 0.15) is 19.8 Å². The number of nitrogens with zero attached hydrogens (tertiary/aromatic N) is 1. The van der Waals surface area contributed by atoms with Crippen LogP contribution in [-0.4, -0.2) is 29.3 Å². The summed E-state index contributed by atoms with van der Waals surface area (Å²) in [6, 6.07) is -0.631. The fraction of sp³-hybridized carbons (Fsp3) is 0.750. The van der Waals surface area contributed by atoms with Crippen molar-refractivity contribution in [3.8, 4) is 0 Å². The van der Waals surface area contributed by atoms with Gasteiger partial charge in [-0.3, -0.25) is 4.79 Å². The van der Waals surface area contributed by atoms with Gasteiger partial charge in [0.2, 0.25) is 0 Å². The van der Waals surface area contributed by atoms with Crippen LogP contribution in [0.5, 0.6) is 0 Å². The number of rotatable bonds is 4. The summed E-state index contributed by atoms with van der Waals surface area (Å²) in [5.41, 5.74) is 5.61. The Morgan fingerprint density at radius 1 is 1.93 bits per heavy atom. The number of ether oxygens (including phenoxy) is 1. The van der Waals surface area contributed by atoms with Gasteiger partial charge in [0.1, 0.15) is 16.8 Å². The van der Waals surface area contributed by atoms with E-state index in [0.29, 0.717) is 19.4 Å². The number of esters is 1. The normalized spacial score (nSPS) is 22.5. The lowest BCUT2D eigenvalue weighted by molar-refractivity contribution is -0.145. The molecule has 5 nitrogen and oxygen atoms in total. The van der Waals surface area contributed by atoms with Gasteiger partial charge in [-0.05, 0) is 22.9 Å². The molecule has 2 atom stereocenters. The van der Waals surface area contributed by atoms with E-state index in [2.05, 4.69) is 21.1 Å². The van der Waals surface area contributed by atoms with Gasteiger partial charge < -0.3 is 15.3 Å². The molecule has 1 rings (SSSR count). The third kappa shape index (κ3) is 3.26. The third-order valence-electron chi connectivity index (χ3n) is 1.80. The van der Waals surface area contributed by atoms with Crippen LogP contribution < -0.4 is 5.73 Å². The highest BCUT2D eigenvalue weighted by Gasteiger charge is 2.25. The topological polar surface area (TPSA) is 73.9 Å². The summed E-state index contributed by atoms with van der Waals surface area (Å²) in [5, 5.41) is 3.70. The van der Waals surface area contributed by atoms with Gasteiger partial charge in [-0.25, -0.2) is 0 Å². The molecule has 6 heteroatoms. The second kappa shape index (κ2) is 5.31. The summed E-state index contributed by atoms with van der Waals surface area (Å²) >= 11 is 3.20. The minimum Gasteiger partial charge on any atom is -0.465 e. The van der Waals surface area contributed by atoms with Crippen LogP contribution in [0.15, 0.2) is 5.16 Å². The van der Waals surface area contributed by atoms with E-state index in [9.17, 15) is 4.79 Å². The minimum atomic E-state index is -0.631. The summed E-state index contributed by atoms with van der Waals surface area (Å²) in [4.78, 5) is 16.2. The molecule has 1 heterocycles. The molecule has 0 spiro atoms. The maximum absolute atomic E-state index is 11.2. The van der Waals surface area contributed by atoms with Crippen molar-refractivity contribution in [2.75, 3.05) is 6.61 Å². The second-order valence-corrected chi connectivity index (χ2v) is 3.91. The summed E-state index contributed by atoms with van der Waals surface area (Å²) in [5.74, 6) is -0.390. The first kappa shape index (κ1) is 11.5. The van der Waals surface area contributed by atoms with Gasteiger partial charge in [-0.15, -0.1) is 0 Å². The Balaban J connectivity index is 2.27. The van der Waals surface area contributed by atoms with Gasteiger partial charge >= 0.3 is 5.97 Å². The molecule has 0 unspecified atom stereocenters. The first-order valence-corrected chi connectivity index (χ1v) is 5.23. The largest absolute Gasteiger partial charge is 0.465 e. The Kier molecular flexibility index (Phi) is 4.34. The van der Waals surface area contributed by atoms with E-state index in [1.165, 1.54) is 0 Å². The maximum atomic E-state index is 11.2. The van der Waals surface area contributed by atoms with E-state index >= 15 is 0 Å². The highest BCUT2D eigenvalue weighted by Crippen LogP contribution is 2.18. The molecule has 0 amide bonds. The highest BCUT2D eigenvalue weighted by molar-refractivity contribution is 9.18. The van der Waals surface area contributed by atoms with Crippen LogP contribution in [0, 0.1) is 0 Å². The number of hydrogen-bond acceptors (Lipinski definition) is 5. The van der Waals surface area contributed by atoms with Crippen molar-refractivity contribution in [1.82, 2.24) is 0 Å². The lowest BCUT2D eigenvalue weighted by Crippen LogP contribution is -2.35. The summed E-state index contributed by atoms with van der Waals surface area (Å²) in [7, 11) is 0. The van der Waals surface area contributed by atoms with Crippen molar-refractivity contribution in [2.24, 2.45) is 10.9 Å². The molecule has 14 heavy (non-hydrogen) atoms. The SMILES string of the molecule is CCOC(=O)[C@@H](N)C[C@H]1CC(Br)=NO1. The quantitative estimate of drug-likeness (QED) is 0.762. The van der Waals surface area contributed by atoms with Gasteiger partial charge in [-0.2, -0.15) is 0 Å². The van der Waals surface area contributed by atoms with Gasteiger partial charge in [0.25, 0.3) is 0 Å². The number of carbonyl (C=O) groups is 1. The number of halogens is 1. The Bertz CT molecular complexity index is 245. The molecular weight excluding hydrogens is 252 g/mol. The molecule has 0 saturated carbocycles. The smallest absolute Gasteiger partial charge is 0.323 e. The fourth-order valence-electron chi connectivity index (χ4n) is 1.15. The maximum Gasteiger partial charge on any atom is 0.323 e. The number of nitrogens with two attached hydrogens (primary N) is 1. The predicted octanol–water partition coefficient (Wildman–Crippen LogP) is 0.764. The highest BCUT2D eigenvalue weighted by atomic mass is 79.9. The van der Waals surface area contributed by atoms with E-state index in [1.54, 1.807) is 6.92 Å². The molecule has 1 aliphatic heterocycles. The van der Waals surface area contributed by atoms with Crippen molar-refractivity contribution in [1.29, 1.82) is 0 Å². The molecule has 0 aromatic rings. The number of hydrogen-bond donors (Lipinski definition) is 1. The monoisotopic (exact) mass is 264 g/mol. The Morgan fingerprint density at radius 3 is 3.14 bits per heavy atom. The van der Waals surface area contributed by atoms with E-state index in [1.807, 2.05) is 0 Å². The Labute approximate surface area is 90.7 Å². The van der Waals surface area contributed by atoms with Crippen molar-refractivity contribution in [3.05, 3.63) is 0 Å². The molecule has 0 aliphatic carbocycles. The van der Waals surface area contributed by atoms with Crippen molar-refractivity contribution in [2.45, 2.75) is 31.9 Å². The van der Waals surface area contributed by atoms with Gasteiger partial charge in [0.05, 0.1) is 6.61 Å². The second-order valence-electron chi connectivity index (χ2n) is 2.99. The first-order chi connectivity index (χ1) is 6.63. The molecule has 2 N–H and O–H groups in total. The standard InChI is InChI=1S/C8H13BrN2O3/c1-2-13-8(12)6(10)3-5-4-7(9)11-14-5/h5-6H,2-4,10H2,1H3/t5-,6-/m0/s1. The zero-order valence-electron chi connectivity index (χ0n) is 7.90. The van der Waals surface area contributed by atoms with Crippen molar-refractivity contribution >= 4 is 26.5 Å². The molecule has 0 aromatic carbocycles. The van der Waals surface area contributed by atoms with Crippen LogP contribution in [0.25, 0.3) is 0 Å². The van der Waals surface area contributed by atoms with Crippen LogP contribution in [0.2, 0.25) is 0 Å². The van der Waals surface area contributed by atoms with Crippen LogP contribution in [0.3, 0.4) is 0 Å². The predicted molar refractivity (Wildman–Crippen MR) is 55.1 cm³/mol. The molecule has 0 aromatic heterocycles. The Hall–Kier alpha value is -0.620. The first-order valence-electron chi connectivity index (χ1n) is 4.44. The third-order valence-corrected chi connectivity index (χ3v) is 2.27. The van der Waals surface area contributed by atoms with Gasteiger partial charge in [0.15, 0.2) is 0 Å². The van der Waals surface area contributed by atoms with E-state index in [-0.39, 0.29) is 12.1 Å². The molecule has 0 fully saturated rings. The summed E-state index contributed by atoms with van der Waals surface area (Å²) in [6.07, 6.45) is 0.966. The van der Waals surface area contributed by atoms with Crippen LogP contribution in [-0.2, 0) is 14.4 Å². The molecule has 80 valence electrons. The van der Waals surface area contributed by atoms with E-state index in [0.717, 1.165) is 4.62 Å². The summed E-state index contributed by atoms with van der Waals surface area (Å²) in [6.45, 7) is 2.09. The Morgan fingerprint density at radius 2 is 2.64 bits per heavy atom. The fourth-order valence-corrected chi connectivity index (χ4v) is 1.59. The van der Waals surface area contributed by atoms with Crippen LogP contribution in [0.4, 0.5) is 0 Å². The van der Waals surface area contributed by atoms with Crippen LogP contribution >= 0.6 is 15.9 Å². The molecule has 0 saturated heterocycles. The summed E-state index contributed by atoms with van der Waals surface area (Å²) < 4.78 is 5.52. The molecule has 1 aliphatic rings. The van der Waals surface area contributed by atoms with Crippen molar-refractivity contribution < 1.29 is 14.4 Å². The minimum absolute atomic E-state index is 0.121. The van der Waals surface area contributed by atoms with Crippen molar-refractivity contribution in [3.63, 3.8) is 0 Å². The number of carbonyl (C=O) groups excluding carboxylic acids is 1. The average Bonchev–Trinajstić information content (AvgIpc) is 2.51. The lowest BCUT2D eigenvalue weighted by Gasteiger charge is -2.13. The lowest BCUT2D eigenvalue weighted by atomic mass is 10.1. The van der Waals surface area contributed by atoms with E-state index in [4.69, 9.17) is 15.3 Å². The zero-order chi connectivity index (χ0) is 10.6. The van der Waals surface area contributed by atoms with Gasteiger partial charge in [-0.1, -0.05) is 5.16 Å². The zero-order valence-corrected chi connectivity index (χ0v) is 9.49. The van der Waals surface area contributed by atoms with E-state index < -0.39 is 6.04 Å². The average molecular weight is 265 g/mol. The van der Waals surface area contributed by atoms with Gasteiger partial charge in [0, 0.05) is 12.8 Å². The molecule has 0 bridgehead atoms. The number of oxime groups is 1. The molecule has 0 radical (unpaired) electrons. The molecular formula is C8H13BrN2O3.